The number of ether oxygens (including phenoxy) is 2. The van der Waals surface area contributed by atoms with Gasteiger partial charge in [0.05, 0.1) is 6.61 Å². The maximum absolute atomic E-state index is 12.5. The van der Waals surface area contributed by atoms with Crippen LogP contribution in [0, 0.1) is 13.8 Å². The lowest BCUT2D eigenvalue weighted by Gasteiger charge is -2.19. The summed E-state index contributed by atoms with van der Waals surface area (Å²) < 4.78 is 11.6. The number of aryl methyl sites for hydroxylation is 2. The summed E-state index contributed by atoms with van der Waals surface area (Å²) in [5.41, 5.74) is 3.42. The molecular formula is C23H31NO3. The first-order valence-corrected chi connectivity index (χ1v) is 9.78. The maximum atomic E-state index is 12.5. The number of para-hydroxylation sites is 1. The molecule has 4 nitrogen and oxygen atoms in total. The molecule has 0 saturated heterocycles. The van der Waals surface area contributed by atoms with Crippen molar-refractivity contribution in [3.63, 3.8) is 0 Å². The van der Waals surface area contributed by atoms with E-state index >= 15 is 0 Å². The Morgan fingerprint density at radius 3 is 2.52 bits per heavy atom. The number of carbonyl (C=O) groups excluding carboxylic acids is 1. The van der Waals surface area contributed by atoms with Crippen LogP contribution in [0.4, 0.5) is 0 Å². The Morgan fingerprint density at radius 1 is 1.04 bits per heavy atom. The molecule has 27 heavy (non-hydrogen) atoms. The average molecular weight is 370 g/mol. The van der Waals surface area contributed by atoms with Gasteiger partial charge in [-0.15, -0.1) is 0 Å². The predicted molar refractivity (Wildman–Crippen MR) is 110 cm³/mol. The maximum Gasteiger partial charge on any atom is 0.261 e. The zero-order valence-electron chi connectivity index (χ0n) is 16.9. The van der Waals surface area contributed by atoms with Crippen LogP contribution in [0.5, 0.6) is 11.5 Å². The van der Waals surface area contributed by atoms with Crippen molar-refractivity contribution in [3.05, 3.63) is 59.2 Å². The molecule has 0 aromatic heterocycles. The van der Waals surface area contributed by atoms with E-state index in [9.17, 15) is 4.79 Å². The standard InChI is InChI=1S/C23H31NO3/c1-5-20(27-21-15-9-11-17(3)18(21)4)23(25)24-16-10-13-19-12-7-8-14-22(19)26-6-2/h7-9,11-12,14-15,20H,5-6,10,13,16H2,1-4H3,(H,24,25)/t20-/m0/s1. The van der Waals surface area contributed by atoms with Crippen LogP contribution in [-0.2, 0) is 11.2 Å². The van der Waals surface area contributed by atoms with Crippen molar-refractivity contribution in [1.82, 2.24) is 5.32 Å². The smallest absolute Gasteiger partial charge is 0.261 e. The first-order chi connectivity index (χ1) is 13.1. The van der Waals surface area contributed by atoms with Gasteiger partial charge in [0.15, 0.2) is 6.10 Å². The van der Waals surface area contributed by atoms with Crippen molar-refractivity contribution in [1.29, 1.82) is 0 Å². The Bertz CT molecular complexity index is 742. The Kier molecular flexibility index (Phi) is 8.18. The van der Waals surface area contributed by atoms with Crippen molar-refractivity contribution in [2.45, 2.75) is 53.1 Å². The minimum atomic E-state index is -0.471. The van der Waals surface area contributed by atoms with Crippen molar-refractivity contribution in [2.75, 3.05) is 13.2 Å². The van der Waals surface area contributed by atoms with E-state index < -0.39 is 6.10 Å². The van der Waals surface area contributed by atoms with Gasteiger partial charge in [0.1, 0.15) is 11.5 Å². The fraction of sp³-hybridized carbons (Fsp3) is 0.435. The van der Waals surface area contributed by atoms with Crippen LogP contribution in [-0.4, -0.2) is 25.2 Å². The molecule has 0 saturated carbocycles. The third-order valence-corrected chi connectivity index (χ3v) is 4.68. The van der Waals surface area contributed by atoms with Crippen LogP contribution in [0.1, 0.15) is 43.4 Å². The molecule has 0 aliphatic carbocycles. The van der Waals surface area contributed by atoms with Crippen molar-refractivity contribution in [3.8, 4) is 11.5 Å². The van der Waals surface area contributed by atoms with Crippen molar-refractivity contribution < 1.29 is 14.3 Å². The summed E-state index contributed by atoms with van der Waals surface area (Å²) >= 11 is 0. The lowest BCUT2D eigenvalue weighted by molar-refractivity contribution is -0.128. The predicted octanol–water partition coefficient (Wildman–Crippen LogP) is 4.61. The monoisotopic (exact) mass is 369 g/mol. The first kappa shape index (κ1) is 20.8. The van der Waals surface area contributed by atoms with Crippen LogP contribution in [0.25, 0.3) is 0 Å². The van der Waals surface area contributed by atoms with E-state index in [1.165, 1.54) is 5.56 Å². The van der Waals surface area contributed by atoms with E-state index in [0.29, 0.717) is 19.6 Å². The van der Waals surface area contributed by atoms with E-state index in [-0.39, 0.29) is 5.91 Å². The zero-order chi connectivity index (χ0) is 19.6. The van der Waals surface area contributed by atoms with Gasteiger partial charge in [0.25, 0.3) is 5.91 Å². The summed E-state index contributed by atoms with van der Waals surface area (Å²) in [7, 11) is 0. The molecule has 1 amide bonds. The molecule has 0 heterocycles. The molecule has 0 spiro atoms. The molecule has 146 valence electrons. The number of benzene rings is 2. The van der Waals surface area contributed by atoms with Crippen LogP contribution in [0.3, 0.4) is 0 Å². The Morgan fingerprint density at radius 2 is 1.78 bits per heavy atom. The third-order valence-electron chi connectivity index (χ3n) is 4.68. The topological polar surface area (TPSA) is 47.6 Å². The Labute approximate surface area is 162 Å². The molecule has 0 aliphatic rings. The summed E-state index contributed by atoms with van der Waals surface area (Å²) in [6, 6.07) is 14.0. The Hall–Kier alpha value is -2.49. The summed E-state index contributed by atoms with van der Waals surface area (Å²) in [6.07, 6.45) is 1.88. The van der Waals surface area contributed by atoms with Gasteiger partial charge in [-0.1, -0.05) is 37.3 Å². The molecule has 2 aromatic carbocycles. The minimum Gasteiger partial charge on any atom is -0.494 e. The summed E-state index contributed by atoms with van der Waals surface area (Å²) in [5.74, 6) is 1.65. The van der Waals surface area contributed by atoms with Gasteiger partial charge >= 0.3 is 0 Å². The van der Waals surface area contributed by atoms with E-state index in [1.54, 1.807) is 0 Å². The molecule has 2 rings (SSSR count). The second kappa shape index (κ2) is 10.6. The first-order valence-electron chi connectivity index (χ1n) is 9.78. The van der Waals surface area contributed by atoms with Gasteiger partial charge in [-0.05, 0) is 68.9 Å². The van der Waals surface area contributed by atoms with E-state index in [0.717, 1.165) is 35.5 Å². The van der Waals surface area contributed by atoms with Gasteiger partial charge in [-0.25, -0.2) is 0 Å². The van der Waals surface area contributed by atoms with E-state index in [1.807, 2.05) is 64.1 Å². The fourth-order valence-corrected chi connectivity index (χ4v) is 2.94. The lowest BCUT2D eigenvalue weighted by atomic mass is 10.1. The normalized spacial score (nSPS) is 11.7. The second-order valence-corrected chi connectivity index (χ2v) is 6.65. The fourth-order valence-electron chi connectivity index (χ4n) is 2.94. The molecule has 0 fully saturated rings. The number of hydrogen-bond donors (Lipinski definition) is 1. The largest absolute Gasteiger partial charge is 0.494 e. The molecule has 1 atom stereocenters. The van der Waals surface area contributed by atoms with Crippen molar-refractivity contribution >= 4 is 5.91 Å². The molecule has 2 aromatic rings. The van der Waals surface area contributed by atoms with Crippen LogP contribution < -0.4 is 14.8 Å². The highest BCUT2D eigenvalue weighted by molar-refractivity contribution is 5.81. The van der Waals surface area contributed by atoms with E-state index in [2.05, 4.69) is 11.4 Å². The number of amides is 1. The summed E-state index contributed by atoms with van der Waals surface area (Å²) in [4.78, 5) is 12.5. The molecule has 0 unspecified atom stereocenters. The zero-order valence-corrected chi connectivity index (χ0v) is 16.9. The molecule has 0 radical (unpaired) electrons. The van der Waals surface area contributed by atoms with Gasteiger partial charge in [-0.3, -0.25) is 4.79 Å². The van der Waals surface area contributed by atoms with Gasteiger partial charge in [-0.2, -0.15) is 0 Å². The average Bonchev–Trinajstić information content (AvgIpc) is 2.67. The van der Waals surface area contributed by atoms with E-state index in [4.69, 9.17) is 9.47 Å². The third kappa shape index (κ3) is 6.02. The lowest BCUT2D eigenvalue weighted by Crippen LogP contribution is -2.38. The number of carbonyl (C=O) groups is 1. The number of nitrogens with one attached hydrogen (secondary N) is 1. The van der Waals surface area contributed by atoms with Crippen molar-refractivity contribution in [2.24, 2.45) is 0 Å². The second-order valence-electron chi connectivity index (χ2n) is 6.65. The van der Waals surface area contributed by atoms with Crippen LogP contribution in [0.2, 0.25) is 0 Å². The number of hydrogen-bond acceptors (Lipinski definition) is 3. The SMILES string of the molecule is CCOc1ccccc1CCCNC(=O)[C@H](CC)Oc1cccc(C)c1C. The minimum absolute atomic E-state index is 0.0588. The van der Waals surface area contributed by atoms with Crippen LogP contribution in [0.15, 0.2) is 42.5 Å². The highest BCUT2D eigenvalue weighted by Crippen LogP contribution is 2.22. The number of rotatable bonds is 10. The summed E-state index contributed by atoms with van der Waals surface area (Å²) in [6.45, 7) is 9.29. The summed E-state index contributed by atoms with van der Waals surface area (Å²) in [5, 5.41) is 3.00. The van der Waals surface area contributed by atoms with Gasteiger partial charge in [0, 0.05) is 6.54 Å². The molecule has 1 N–H and O–H groups in total. The van der Waals surface area contributed by atoms with Gasteiger partial charge < -0.3 is 14.8 Å². The Balaban J connectivity index is 1.84. The highest BCUT2D eigenvalue weighted by Gasteiger charge is 2.19. The van der Waals surface area contributed by atoms with Gasteiger partial charge in [0.2, 0.25) is 0 Å². The molecular weight excluding hydrogens is 338 g/mol. The molecule has 0 bridgehead atoms. The quantitative estimate of drug-likeness (QED) is 0.622. The molecule has 0 aliphatic heterocycles. The highest BCUT2D eigenvalue weighted by atomic mass is 16.5. The van der Waals surface area contributed by atoms with Crippen LogP contribution >= 0.6 is 0 Å². The molecule has 4 heteroatoms.